The Morgan fingerprint density at radius 1 is 0.853 bits per heavy atom. The maximum Gasteiger partial charge on any atom is 0.335 e. The molecule has 1 N–H and O–H groups in total. The summed E-state index contributed by atoms with van der Waals surface area (Å²) in [5.74, 6) is 0.0186. The van der Waals surface area contributed by atoms with E-state index in [0.717, 1.165) is 37.1 Å². The minimum atomic E-state index is -0.885. The lowest BCUT2D eigenvalue weighted by Gasteiger charge is -2.37. The van der Waals surface area contributed by atoms with Crippen LogP contribution in [0.4, 0.5) is 0 Å². The number of carbonyl (C=O) groups is 1. The van der Waals surface area contributed by atoms with Gasteiger partial charge in [0, 0.05) is 18.6 Å². The smallest absolute Gasteiger partial charge is 0.335 e. The van der Waals surface area contributed by atoms with Crippen molar-refractivity contribution in [3.05, 3.63) is 107 Å². The molecule has 3 aromatic carbocycles. The average molecular weight is 454 g/mol. The predicted octanol–water partition coefficient (Wildman–Crippen LogP) is 6.06. The van der Waals surface area contributed by atoms with Gasteiger partial charge in [-0.2, -0.15) is 0 Å². The minimum absolute atomic E-state index is 0.328. The number of fused-ring (bicyclic) bond motifs is 2. The van der Waals surface area contributed by atoms with Crippen LogP contribution in [0.2, 0.25) is 0 Å². The first-order valence-corrected chi connectivity index (χ1v) is 12.1. The molecule has 2 fully saturated rings. The second-order valence-electron chi connectivity index (χ2n) is 9.36. The Morgan fingerprint density at radius 2 is 1.44 bits per heavy atom. The van der Waals surface area contributed by atoms with E-state index >= 15 is 0 Å². The van der Waals surface area contributed by atoms with Gasteiger partial charge in [-0.05, 0) is 78.6 Å². The summed E-state index contributed by atoms with van der Waals surface area (Å²) in [4.78, 5) is 14.1. The highest BCUT2D eigenvalue weighted by Gasteiger charge is 2.39. The van der Waals surface area contributed by atoms with Gasteiger partial charge in [-0.15, -0.1) is 0 Å². The van der Waals surface area contributed by atoms with Crippen molar-refractivity contribution in [2.24, 2.45) is 0 Å². The van der Waals surface area contributed by atoms with Crippen molar-refractivity contribution in [2.75, 3.05) is 13.7 Å². The molecule has 0 amide bonds. The topological polar surface area (TPSA) is 49.8 Å². The Hall–Kier alpha value is -3.37. The van der Waals surface area contributed by atoms with Crippen LogP contribution in [0.3, 0.4) is 0 Å². The third kappa shape index (κ3) is 4.64. The van der Waals surface area contributed by atoms with Crippen LogP contribution >= 0.6 is 0 Å². The third-order valence-corrected chi connectivity index (χ3v) is 7.39. The van der Waals surface area contributed by atoms with E-state index in [9.17, 15) is 9.90 Å². The molecule has 0 radical (unpaired) electrons. The molecule has 0 saturated carbocycles. The zero-order valence-electron chi connectivity index (χ0n) is 19.6. The molecule has 0 spiro atoms. The minimum Gasteiger partial charge on any atom is -0.497 e. The number of piperidine rings is 1. The van der Waals surface area contributed by atoms with Crippen LogP contribution < -0.4 is 4.74 Å². The summed E-state index contributed by atoms with van der Waals surface area (Å²) in [6.07, 6.45) is 5.69. The molecule has 5 rings (SSSR count). The Morgan fingerprint density at radius 3 is 2.03 bits per heavy atom. The monoisotopic (exact) mass is 453 g/mol. The van der Waals surface area contributed by atoms with Gasteiger partial charge in [0.15, 0.2) is 0 Å². The summed E-state index contributed by atoms with van der Waals surface area (Å²) in [5, 5.41) is 9.32. The number of aromatic carboxylic acids is 1. The first-order chi connectivity index (χ1) is 16.6. The number of carboxylic acid groups (broad SMARTS) is 1. The summed E-state index contributed by atoms with van der Waals surface area (Å²) < 4.78 is 5.29. The first-order valence-electron chi connectivity index (χ1n) is 12.1. The van der Waals surface area contributed by atoms with Gasteiger partial charge in [-0.3, -0.25) is 4.90 Å². The van der Waals surface area contributed by atoms with Crippen molar-refractivity contribution in [2.45, 2.75) is 44.2 Å². The standard InChI is InChI=1S/C30H31NO3/c1-34-28-15-7-21(8-16-28)17-18-31-26-13-14-27(31)20-25(19-26)29(22-5-3-2-4-6-22)23-9-11-24(12-10-23)30(32)33/h2-12,15-16,26-27H,13-14,17-20H2,1H3,(H,32,33). The van der Waals surface area contributed by atoms with Crippen molar-refractivity contribution in [3.63, 3.8) is 0 Å². The highest BCUT2D eigenvalue weighted by atomic mass is 16.5. The number of hydrogen-bond acceptors (Lipinski definition) is 3. The largest absolute Gasteiger partial charge is 0.497 e. The van der Waals surface area contributed by atoms with E-state index in [1.165, 1.54) is 35.1 Å². The molecule has 2 unspecified atom stereocenters. The number of ether oxygens (including phenoxy) is 1. The normalized spacial score (nSPS) is 19.7. The van der Waals surface area contributed by atoms with E-state index in [-0.39, 0.29) is 0 Å². The van der Waals surface area contributed by atoms with Gasteiger partial charge in [0.25, 0.3) is 0 Å². The predicted molar refractivity (Wildman–Crippen MR) is 135 cm³/mol. The number of rotatable bonds is 7. The number of nitrogens with zero attached hydrogens (tertiary/aromatic N) is 1. The summed E-state index contributed by atoms with van der Waals surface area (Å²) in [6.45, 7) is 1.09. The Balaban J connectivity index is 1.39. The molecule has 2 aliphatic heterocycles. The molecule has 0 aliphatic carbocycles. The van der Waals surface area contributed by atoms with Crippen LogP contribution in [0.5, 0.6) is 5.75 Å². The van der Waals surface area contributed by atoms with Gasteiger partial charge in [0.05, 0.1) is 12.7 Å². The number of methoxy groups -OCH3 is 1. The third-order valence-electron chi connectivity index (χ3n) is 7.39. The lowest BCUT2D eigenvalue weighted by molar-refractivity contribution is 0.0697. The zero-order valence-corrected chi connectivity index (χ0v) is 19.6. The number of hydrogen-bond donors (Lipinski definition) is 1. The average Bonchev–Trinajstić information content (AvgIpc) is 3.11. The van der Waals surface area contributed by atoms with Crippen LogP contribution in [0.1, 0.15) is 52.7 Å². The van der Waals surface area contributed by atoms with Crippen LogP contribution in [0, 0.1) is 0 Å². The quantitative estimate of drug-likeness (QED) is 0.472. The van der Waals surface area contributed by atoms with Gasteiger partial charge in [-0.25, -0.2) is 4.79 Å². The van der Waals surface area contributed by atoms with Gasteiger partial charge in [0.2, 0.25) is 0 Å². The van der Waals surface area contributed by atoms with Crippen LogP contribution in [0.15, 0.2) is 84.4 Å². The van der Waals surface area contributed by atoms with E-state index in [4.69, 9.17) is 4.74 Å². The molecule has 2 heterocycles. The Labute approximate surface area is 201 Å². The highest BCUT2D eigenvalue weighted by Crippen LogP contribution is 2.43. The lowest BCUT2D eigenvalue weighted by atomic mass is 9.85. The molecular weight excluding hydrogens is 422 g/mol. The van der Waals surface area contributed by atoms with Crippen LogP contribution in [0.25, 0.3) is 5.57 Å². The van der Waals surface area contributed by atoms with E-state index in [0.29, 0.717) is 17.6 Å². The lowest BCUT2D eigenvalue weighted by Crippen LogP contribution is -2.41. The molecule has 3 aromatic rings. The molecule has 0 aromatic heterocycles. The molecule has 2 atom stereocenters. The van der Waals surface area contributed by atoms with E-state index < -0.39 is 5.97 Å². The second kappa shape index (κ2) is 9.86. The summed E-state index contributed by atoms with van der Waals surface area (Å²) in [7, 11) is 1.70. The Kier molecular flexibility index (Phi) is 6.50. The van der Waals surface area contributed by atoms with Gasteiger partial charge in [-0.1, -0.05) is 60.2 Å². The summed E-state index contributed by atoms with van der Waals surface area (Å²) >= 11 is 0. The number of carboxylic acids is 1. The molecule has 4 heteroatoms. The maximum atomic E-state index is 11.4. The molecule has 4 nitrogen and oxygen atoms in total. The fourth-order valence-electron chi connectivity index (χ4n) is 5.68. The summed E-state index contributed by atoms with van der Waals surface area (Å²) in [6, 6.07) is 27.5. The fourth-order valence-corrected chi connectivity index (χ4v) is 5.68. The molecule has 34 heavy (non-hydrogen) atoms. The molecule has 2 bridgehead atoms. The maximum absolute atomic E-state index is 11.4. The van der Waals surface area contributed by atoms with Crippen molar-refractivity contribution in [1.29, 1.82) is 0 Å². The van der Waals surface area contributed by atoms with E-state index in [2.05, 4.69) is 41.3 Å². The highest BCUT2D eigenvalue weighted by molar-refractivity contribution is 5.89. The molecular formula is C30H31NO3. The van der Waals surface area contributed by atoms with Crippen molar-refractivity contribution in [1.82, 2.24) is 4.90 Å². The summed E-state index contributed by atoms with van der Waals surface area (Å²) in [5.41, 5.74) is 6.79. The fraction of sp³-hybridized carbons (Fsp3) is 0.300. The van der Waals surface area contributed by atoms with Crippen LogP contribution in [-0.2, 0) is 6.42 Å². The Bertz CT molecular complexity index is 1150. The SMILES string of the molecule is COc1ccc(CCN2C3CCC2CC(=C(c2ccccc2)c2ccc(C(=O)O)cc2)C3)cc1. The van der Waals surface area contributed by atoms with Gasteiger partial charge in [0.1, 0.15) is 5.75 Å². The van der Waals surface area contributed by atoms with E-state index in [1.807, 2.05) is 30.3 Å². The molecule has 2 aliphatic rings. The van der Waals surface area contributed by atoms with Crippen molar-refractivity contribution in [3.8, 4) is 5.75 Å². The van der Waals surface area contributed by atoms with Crippen molar-refractivity contribution < 1.29 is 14.6 Å². The zero-order chi connectivity index (χ0) is 23.5. The molecule has 2 saturated heterocycles. The van der Waals surface area contributed by atoms with Gasteiger partial charge >= 0.3 is 5.97 Å². The first kappa shape index (κ1) is 22.4. The van der Waals surface area contributed by atoms with Crippen LogP contribution in [-0.4, -0.2) is 41.7 Å². The van der Waals surface area contributed by atoms with Gasteiger partial charge < -0.3 is 9.84 Å². The van der Waals surface area contributed by atoms with Crippen molar-refractivity contribution >= 4 is 11.5 Å². The number of benzene rings is 3. The second-order valence-corrected chi connectivity index (χ2v) is 9.36. The van der Waals surface area contributed by atoms with E-state index in [1.54, 1.807) is 19.2 Å². The molecule has 174 valence electrons.